The van der Waals surface area contributed by atoms with Gasteiger partial charge in [-0.3, -0.25) is 4.79 Å². The van der Waals surface area contributed by atoms with Gasteiger partial charge in [0, 0.05) is 10.0 Å². The summed E-state index contributed by atoms with van der Waals surface area (Å²) in [5.41, 5.74) is 5.46. The number of carbonyl (C=O) groups excluding carboxylic acids is 1. The van der Waals surface area contributed by atoms with Gasteiger partial charge in [-0.15, -0.1) is 0 Å². The molecule has 1 aromatic carbocycles. The number of amides is 1. The molecule has 2 N–H and O–H groups in total. The van der Waals surface area contributed by atoms with Crippen LogP contribution in [0.4, 0.5) is 0 Å². The zero-order valence-electron chi connectivity index (χ0n) is 8.13. The minimum atomic E-state index is -0.868. The number of nitriles is 1. The van der Waals surface area contributed by atoms with E-state index in [2.05, 4.69) is 21.1 Å². The molecule has 82 valence electrons. The Morgan fingerprint density at radius 2 is 2.44 bits per heavy atom. The molecule has 1 amide bonds. The molecule has 1 aromatic rings. The number of nitrogens with two attached hydrogens (primary N) is 1. The molecule has 0 aliphatic heterocycles. The maximum Gasteiger partial charge on any atom is 0.263 e. The Hall–Kier alpha value is -1.87. The molecule has 0 fully saturated rings. The predicted molar refractivity (Wildman–Crippen MR) is 61.3 cm³/mol. The van der Waals surface area contributed by atoms with Crippen LogP contribution >= 0.6 is 15.9 Å². The fourth-order valence-corrected chi connectivity index (χ4v) is 1.39. The van der Waals surface area contributed by atoms with Gasteiger partial charge in [-0.25, -0.2) is 0 Å². The third kappa shape index (κ3) is 3.71. The van der Waals surface area contributed by atoms with Crippen LogP contribution in [-0.4, -0.2) is 12.1 Å². The number of hydrogen-bond donors (Lipinski definition) is 1. The van der Waals surface area contributed by atoms with Gasteiger partial charge < -0.3 is 10.6 Å². The van der Waals surface area contributed by atoms with Crippen molar-refractivity contribution in [2.24, 2.45) is 10.9 Å². The number of carbonyl (C=O) groups is 1. The van der Waals surface area contributed by atoms with Gasteiger partial charge in [0.15, 0.2) is 0 Å². The Morgan fingerprint density at radius 1 is 1.69 bits per heavy atom. The number of benzene rings is 1. The normalized spacial score (nSPS) is 12.0. The van der Waals surface area contributed by atoms with Crippen LogP contribution in [0, 0.1) is 11.3 Å². The van der Waals surface area contributed by atoms with E-state index >= 15 is 0 Å². The highest BCUT2D eigenvalue weighted by Gasteiger charge is 2.11. The van der Waals surface area contributed by atoms with Gasteiger partial charge in [0.25, 0.3) is 5.91 Å². The van der Waals surface area contributed by atoms with Gasteiger partial charge in [0.05, 0.1) is 0 Å². The van der Waals surface area contributed by atoms with E-state index in [0.29, 0.717) is 5.56 Å². The van der Waals surface area contributed by atoms with Crippen molar-refractivity contribution in [3.63, 3.8) is 0 Å². The van der Waals surface area contributed by atoms with E-state index in [4.69, 9.17) is 15.8 Å². The van der Waals surface area contributed by atoms with E-state index in [9.17, 15) is 4.79 Å². The predicted octanol–water partition coefficient (Wildman–Crippen LogP) is 1.50. The van der Waals surface area contributed by atoms with Crippen molar-refractivity contribution >= 4 is 28.1 Å². The Bertz CT molecular complexity index is 454. The van der Waals surface area contributed by atoms with E-state index in [1.807, 2.05) is 12.1 Å². The average Bonchev–Trinajstić information content (AvgIpc) is 2.24. The molecule has 0 heterocycles. The van der Waals surface area contributed by atoms with E-state index < -0.39 is 12.0 Å². The second-order valence-electron chi connectivity index (χ2n) is 2.81. The van der Waals surface area contributed by atoms with Crippen LogP contribution < -0.4 is 5.73 Å². The molecule has 6 heteroatoms. The fraction of sp³-hybridized carbons (Fsp3) is 0.100. The Morgan fingerprint density at radius 3 is 3.00 bits per heavy atom. The van der Waals surface area contributed by atoms with Crippen molar-refractivity contribution in [2.75, 3.05) is 0 Å². The largest absolute Gasteiger partial charge is 0.372 e. The van der Waals surface area contributed by atoms with Crippen molar-refractivity contribution in [1.82, 2.24) is 0 Å². The molecule has 1 atom stereocenters. The fourth-order valence-electron chi connectivity index (χ4n) is 0.972. The molecular weight excluding hydrogens is 274 g/mol. The number of rotatable bonds is 4. The van der Waals surface area contributed by atoms with Gasteiger partial charge in [-0.05, 0) is 12.1 Å². The van der Waals surface area contributed by atoms with E-state index in [0.717, 1.165) is 10.7 Å². The van der Waals surface area contributed by atoms with Crippen molar-refractivity contribution in [3.8, 4) is 6.07 Å². The van der Waals surface area contributed by atoms with Crippen LogP contribution in [0.15, 0.2) is 33.9 Å². The zero-order valence-corrected chi connectivity index (χ0v) is 9.72. The van der Waals surface area contributed by atoms with Gasteiger partial charge in [-0.2, -0.15) is 5.26 Å². The third-order valence-electron chi connectivity index (χ3n) is 1.61. The first-order valence-corrected chi connectivity index (χ1v) is 5.06. The maximum atomic E-state index is 10.4. The second kappa shape index (κ2) is 5.88. The highest BCUT2D eigenvalue weighted by Crippen LogP contribution is 2.20. The van der Waals surface area contributed by atoms with Crippen LogP contribution in [0.5, 0.6) is 0 Å². The molecule has 0 spiro atoms. The van der Waals surface area contributed by atoms with Crippen molar-refractivity contribution in [2.45, 2.75) is 6.10 Å². The van der Waals surface area contributed by atoms with Crippen LogP contribution in [0.25, 0.3) is 0 Å². The molecule has 0 bridgehead atoms. The first-order valence-electron chi connectivity index (χ1n) is 4.27. The van der Waals surface area contributed by atoms with Gasteiger partial charge in [0.1, 0.15) is 12.3 Å². The molecule has 0 aromatic heterocycles. The first kappa shape index (κ1) is 12.2. The lowest BCUT2D eigenvalue weighted by Gasteiger charge is -2.06. The molecular formula is C10H8BrN3O2. The van der Waals surface area contributed by atoms with Crippen LogP contribution in [0.1, 0.15) is 11.7 Å². The number of nitrogens with zero attached hydrogens (tertiary/aromatic N) is 2. The monoisotopic (exact) mass is 281 g/mol. The second-order valence-corrected chi connectivity index (χ2v) is 3.72. The summed E-state index contributed by atoms with van der Waals surface area (Å²) in [5, 5.41) is 12.2. The van der Waals surface area contributed by atoms with Crippen molar-refractivity contribution < 1.29 is 9.63 Å². The minimum absolute atomic E-state index is 0.637. The lowest BCUT2D eigenvalue weighted by atomic mass is 10.1. The topological polar surface area (TPSA) is 88.5 Å². The summed E-state index contributed by atoms with van der Waals surface area (Å²) in [6.45, 7) is 0. The highest BCUT2D eigenvalue weighted by atomic mass is 79.9. The van der Waals surface area contributed by atoms with Crippen LogP contribution in [-0.2, 0) is 9.63 Å². The van der Waals surface area contributed by atoms with Crippen LogP contribution in [0.3, 0.4) is 0 Å². The molecule has 0 radical (unpaired) electrons. The van der Waals surface area contributed by atoms with Gasteiger partial charge in [0.2, 0.25) is 6.10 Å². The Labute approximate surface area is 101 Å². The zero-order chi connectivity index (χ0) is 12.0. The molecule has 16 heavy (non-hydrogen) atoms. The van der Waals surface area contributed by atoms with Crippen molar-refractivity contribution in [1.29, 1.82) is 5.26 Å². The standard InChI is InChI=1S/C10H8BrN3O2/c11-8-3-1-2-7(4-8)9(5-12)16-14-6-10(13)15/h1-4,6,9H,(H2,13,15)/b14-6+. The van der Waals surface area contributed by atoms with Crippen LogP contribution in [0.2, 0.25) is 0 Å². The molecule has 0 saturated heterocycles. The van der Waals surface area contributed by atoms with E-state index in [1.165, 1.54) is 0 Å². The summed E-state index contributed by atoms with van der Waals surface area (Å²) in [7, 11) is 0. The summed E-state index contributed by atoms with van der Waals surface area (Å²) in [4.78, 5) is 15.2. The number of primary amides is 1. The molecule has 1 rings (SSSR count). The summed E-state index contributed by atoms with van der Waals surface area (Å²) < 4.78 is 0.827. The van der Waals surface area contributed by atoms with E-state index in [1.54, 1.807) is 18.2 Å². The Balaban J connectivity index is 2.76. The van der Waals surface area contributed by atoms with Gasteiger partial charge in [-0.1, -0.05) is 33.2 Å². The number of oxime groups is 1. The lowest BCUT2D eigenvalue weighted by molar-refractivity contribution is -0.111. The lowest BCUT2D eigenvalue weighted by Crippen LogP contribution is -2.12. The SMILES string of the molecule is N#CC(O/N=C/C(N)=O)c1cccc(Br)c1. The third-order valence-corrected chi connectivity index (χ3v) is 2.11. The summed E-state index contributed by atoms with van der Waals surface area (Å²) >= 11 is 3.27. The summed E-state index contributed by atoms with van der Waals surface area (Å²) in [5.74, 6) is -0.731. The van der Waals surface area contributed by atoms with Crippen molar-refractivity contribution in [3.05, 3.63) is 34.3 Å². The first-order chi connectivity index (χ1) is 7.63. The number of hydrogen-bond acceptors (Lipinski definition) is 4. The summed E-state index contributed by atoms with van der Waals surface area (Å²) in [6.07, 6.45) is -0.0596. The average molecular weight is 282 g/mol. The highest BCUT2D eigenvalue weighted by molar-refractivity contribution is 9.10. The Kier molecular flexibility index (Phi) is 4.48. The van der Waals surface area contributed by atoms with E-state index in [-0.39, 0.29) is 0 Å². The molecule has 0 saturated carbocycles. The molecule has 1 unspecified atom stereocenters. The minimum Gasteiger partial charge on any atom is -0.372 e. The quantitative estimate of drug-likeness (QED) is 0.670. The molecule has 0 aliphatic carbocycles. The smallest absolute Gasteiger partial charge is 0.263 e. The van der Waals surface area contributed by atoms with Gasteiger partial charge >= 0.3 is 0 Å². The molecule has 5 nitrogen and oxygen atoms in total. The number of halogens is 1. The summed E-state index contributed by atoms with van der Waals surface area (Å²) in [6, 6.07) is 8.95. The maximum absolute atomic E-state index is 10.4. The molecule has 0 aliphatic rings.